The van der Waals surface area contributed by atoms with Crippen molar-refractivity contribution < 1.29 is 17.9 Å². The first-order valence-corrected chi connectivity index (χ1v) is 10.7. The first-order chi connectivity index (χ1) is 13.5. The molecule has 3 aromatic rings. The van der Waals surface area contributed by atoms with Crippen molar-refractivity contribution in [3.63, 3.8) is 0 Å². The first-order valence-electron chi connectivity index (χ1n) is 8.12. The highest BCUT2D eigenvalue weighted by Crippen LogP contribution is 2.17. The lowest BCUT2D eigenvalue weighted by Crippen LogP contribution is -2.18. The van der Waals surface area contributed by atoms with Gasteiger partial charge in [0.1, 0.15) is 5.75 Å². The van der Waals surface area contributed by atoms with E-state index in [1.54, 1.807) is 54.6 Å². The summed E-state index contributed by atoms with van der Waals surface area (Å²) in [7, 11) is -3.71. The predicted molar refractivity (Wildman–Crippen MR) is 115 cm³/mol. The van der Waals surface area contributed by atoms with Crippen molar-refractivity contribution in [3.05, 3.63) is 93.6 Å². The van der Waals surface area contributed by atoms with Crippen LogP contribution >= 0.6 is 22.6 Å². The summed E-state index contributed by atoms with van der Waals surface area (Å²) in [6.07, 6.45) is 1.37. The van der Waals surface area contributed by atoms with Crippen molar-refractivity contribution in [2.75, 3.05) is 0 Å². The van der Waals surface area contributed by atoms with Crippen molar-refractivity contribution >= 4 is 44.8 Å². The molecule has 0 bridgehead atoms. The van der Waals surface area contributed by atoms with Crippen LogP contribution in [0.1, 0.15) is 15.9 Å². The maximum absolute atomic E-state index is 12.2. The number of carbonyl (C=O) groups is 1. The number of sulfonamides is 1. The van der Waals surface area contributed by atoms with Crippen LogP contribution in [-0.4, -0.2) is 20.6 Å². The van der Waals surface area contributed by atoms with Gasteiger partial charge in [0, 0.05) is 3.57 Å². The highest BCUT2D eigenvalue weighted by molar-refractivity contribution is 14.1. The molecule has 0 saturated carbocycles. The smallest absolute Gasteiger partial charge is 0.344 e. The van der Waals surface area contributed by atoms with Gasteiger partial charge in [-0.15, -0.1) is 0 Å². The first kappa shape index (κ1) is 20.0. The van der Waals surface area contributed by atoms with Gasteiger partial charge in [0.25, 0.3) is 10.0 Å². The molecular weight excluding hydrogens is 491 g/mol. The van der Waals surface area contributed by atoms with Gasteiger partial charge >= 0.3 is 5.97 Å². The van der Waals surface area contributed by atoms with Gasteiger partial charge in [-0.2, -0.15) is 13.5 Å². The minimum absolute atomic E-state index is 0.130. The van der Waals surface area contributed by atoms with E-state index < -0.39 is 16.0 Å². The SMILES string of the molecule is O=C(Oc1ccc(/C=N/NS(=O)(=O)c2ccccc2)cc1)c1ccccc1I. The fourth-order valence-electron chi connectivity index (χ4n) is 2.23. The third kappa shape index (κ3) is 5.17. The van der Waals surface area contributed by atoms with Gasteiger partial charge in [-0.3, -0.25) is 0 Å². The van der Waals surface area contributed by atoms with Crippen LogP contribution in [0.25, 0.3) is 0 Å². The summed E-state index contributed by atoms with van der Waals surface area (Å²) in [6.45, 7) is 0. The Bertz CT molecular complexity index is 1100. The van der Waals surface area contributed by atoms with Crippen LogP contribution in [0.5, 0.6) is 5.75 Å². The lowest BCUT2D eigenvalue weighted by Gasteiger charge is -2.06. The molecule has 3 aromatic carbocycles. The van der Waals surface area contributed by atoms with E-state index in [4.69, 9.17) is 4.74 Å². The van der Waals surface area contributed by atoms with E-state index in [1.807, 2.05) is 12.1 Å². The zero-order valence-corrected chi connectivity index (χ0v) is 17.4. The van der Waals surface area contributed by atoms with Crippen LogP contribution in [0.15, 0.2) is 88.9 Å². The van der Waals surface area contributed by atoms with Crippen molar-refractivity contribution in [1.82, 2.24) is 4.83 Å². The predicted octanol–water partition coefficient (Wildman–Crippen LogP) is 3.82. The zero-order chi connectivity index (χ0) is 20.0. The van der Waals surface area contributed by atoms with Crippen molar-refractivity contribution in [2.24, 2.45) is 5.10 Å². The highest BCUT2D eigenvalue weighted by Gasteiger charge is 2.12. The molecule has 0 aromatic heterocycles. The Kier molecular flexibility index (Phi) is 6.42. The zero-order valence-electron chi connectivity index (χ0n) is 14.4. The molecule has 8 heteroatoms. The molecule has 6 nitrogen and oxygen atoms in total. The molecule has 28 heavy (non-hydrogen) atoms. The van der Waals surface area contributed by atoms with E-state index in [0.717, 1.165) is 3.57 Å². The molecule has 142 valence electrons. The number of benzene rings is 3. The number of hydrogen-bond acceptors (Lipinski definition) is 5. The number of ether oxygens (including phenoxy) is 1. The van der Waals surface area contributed by atoms with E-state index >= 15 is 0 Å². The number of hydrogen-bond donors (Lipinski definition) is 1. The topological polar surface area (TPSA) is 84.8 Å². The summed E-state index contributed by atoms with van der Waals surface area (Å²) in [4.78, 5) is 14.5. The van der Waals surface area contributed by atoms with Crippen LogP contribution in [0.3, 0.4) is 0 Å². The molecular formula is C20H15IN2O4S. The summed E-state index contributed by atoms with van der Waals surface area (Å²) in [6, 6.07) is 21.7. The average molecular weight is 506 g/mol. The summed E-state index contributed by atoms with van der Waals surface area (Å²) >= 11 is 2.07. The Balaban J connectivity index is 1.62. The highest BCUT2D eigenvalue weighted by atomic mass is 127. The van der Waals surface area contributed by atoms with Crippen molar-refractivity contribution in [3.8, 4) is 5.75 Å². The Labute approximate surface area is 176 Å². The molecule has 3 rings (SSSR count). The fourth-order valence-corrected chi connectivity index (χ4v) is 3.65. The summed E-state index contributed by atoms with van der Waals surface area (Å²) in [5.74, 6) is -0.0614. The Morgan fingerprint density at radius 3 is 2.25 bits per heavy atom. The number of halogens is 1. The molecule has 0 unspecified atom stereocenters. The quantitative estimate of drug-likeness (QED) is 0.181. The van der Waals surface area contributed by atoms with Gasteiger partial charge in [0.15, 0.2) is 0 Å². The van der Waals surface area contributed by atoms with E-state index in [0.29, 0.717) is 16.9 Å². The second-order valence-electron chi connectivity index (χ2n) is 5.60. The molecule has 0 aliphatic heterocycles. The van der Waals surface area contributed by atoms with E-state index in [-0.39, 0.29) is 4.90 Å². The number of hydrazone groups is 1. The molecule has 0 fully saturated rings. The molecule has 0 heterocycles. The van der Waals surface area contributed by atoms with Crippen LogP contribution < -0.4 is 9.57 Å². The van der Waals surface area contributed by atoms with E-state index in [9.17, 15) is 13.2 Å². The van der Waals surface area contributed by atoms with E-state index in [2.05, 4.69) is 32.5 Å². The minimum Gasteiger partial charge on any atom is -0.423 e. The fraction of sp³-hybridized carbons (Fsp3) is 0. The molecule has 0 aliphatic carbocycles. The lowest BCUT2D eigenvalue weighted by molar-refractivity contribution is 0.0733. The normalized spacial score (nSPS) is 11.3. The lowest BCUT2D eigenvalue weighted by atomic mass is 10.2. The van der Waals surface area contributed by atoms with E-state index in [1.165, 1.54) is 18.3 Å². The Hall–Kier alpha value is -2.72. The third-order valence-electron chi connectivity index (χ3n) is 3.62. The van der Waals surface area contributed by atoms with Gasteiger partial charge in [0.2, 0.25) is 0 Å². The Morgan fingerprint density at radius 2 is 1.57 bits per heavy atom. The molecule has 0 saturated heterocycles. The average Bonchev–Trinajstić information content (AvgIpc) is 2.70. The van der Waals surface area contributed by atoms with Gasteiger partial charge in [-0.1, -0.05) is 30.3 Å². The summed E-state index contributed by atoms with van der Waals surface area (Å²) in [5, 5.41) is 3.77. The van der Waals surface area contributed by atoms with Gasteiger partial charge in [-0.05, 0) is 76.7 Å². The summed E-state index contributed by atoms with van der Waals surface area (Å²) < 4.78 is 30.3. The second kappa shape index (κ2) is 8.98. The number of rotatable bonds is 6. The van der Waals surface area contributed by atoms with Crippen molar-refractivity contribution in [2.45, 2.75) is 4.90 Å². The molecule has 0 radical (unpaired) electrons. The van der Waals surface area contributed by atoms with Crippen LogP contribution in [0, 0.1) is 3.57 Å². The monoisotopic (exact) mass is 506 g/mol. The van der Waals surface area contributed by atoms with Crippen LogP contribution in [0.4, 0.5) is 0 Å². The largest absolute Gasteiger partial charge is 0.423 e. The molecule has 0 aliphatic rings. The molecule has 1 N–H and O–H groups in total. The Morgan fingerprint density at radius 1 is 0.929 bits per heavy atom. The number of nitrogens with zero attached hydrogens (tertiary/aromatic N) is 1. The number of carbonyl (C=O) groups excluding carboxylic acids is 1. The maximum atomic E-state index is 12.2. The maximum Gasteiger partial charge on any atom is 0.344 e. The minimum atomic E-state index is -3.71. The van der Waals surface area contributed by atoms with Gasteiger partial charge in [0.05, 0.1) is 16.7 Å². The standard InChI is InChI=1S/C20H15IN2O4S/c21-19-9-5-4-8-18(19)20(24)27-16-12-10-15(11-13-16)14-22-23-28(25,26)17-6-2-1-3-7-17/h1-14,23H/b22-14+. The van der Waals surface area contributed by atoms with Crippen LogP contribution in [-0.2, 0) is 10.0 Å². The second-order valence-corrected chi connectivity index (χ2v) is 8.43. The molecule has 0 amide bonds. The van der Waals surface area contributed by atoms with Gasteiger partial charge in [-0.25, -0.2) is 9.63 Å². The number of nitrogens with one attached hydrogen (secondary N) is 1. The van der Waals surface area contributed by atoms with Crippen molar-refractivity contribution in [1.29, 1.82) is 0 Å². The van der Waals surface area contributed by atoms with Crippen LogP contribution in [0.2, 0.25) is 0 Å². The molecule has 0 atom stereocenters. The third-order valence-corrected chi connectivity index (χ3v) is 5.80. The van der Waals surface area contributed by atoms with Gasteiger partial charge < -0.3 is 4.74 Å². The summed E-state index contributed by atoms with van der Waals surface area (Å²) in [5.41, 5.74) is 1.13. The molecule has 0 spiro atoms. The number of esters is 1.